The number of halogens is 1. The molecule has 0 aliphatic rings. The highest BCUT2D eigenvalue weighted by Crippen LogP contribution is 2.28. The van der Waals surface area contributed by atoms with Crippen LogP contribution in [0.15, 0.2) is 36.4 Å². The number of amides is 1. The number of aromatic amines is 1. The molecule has 3 aromatic rings. The Morgan fingerprint density at radius 1 is 1.31 bits per heavy atom. The molecule has 0 spiro atoms. The molecule has 136 valence electrons. The van der Waals surface area contributed by atoms with E-state index in [0.29, 0.717) is 18.5 Å². The number of fused-ring (bicyclic) bond motifs is 1. The molecule has 26 heavy (non-hydrogen) atoms. The Morgan fingerprint density at radius 2 is 2.12 bits per heavy atom. The lowest BCUT2D eigenvalue weighted by Gasteiger charge is -2.17. The normalized spacial score (nSPS) is 11.0. The van der Waals surface area contributed by atoms with Crippen molar-refractivity contribution in [1.29, 1.82) is 0 Å². The van der Waals surface area contributed by atoms with Gasteiger partial charge in [-0.05, 0) is 30.2 Å². The molecule has 3 rings (SSSR count). The van der Waals surface area contributed by atoms with Crippen LogP contribution in [-0.4, -0.2) is 39.7 Å². The van der Waals surface area contributed by atoms with Gasteiger partial charge in [-0.2, -0.15) is 5.10 Å². The molecule has 1 amide bonds. The van der Waals surface area contributed by atoms with E-state index in [1.807, 2.05) is 6.07 Å². The van der Waals surface area contributed by atoms with Crippen LogP contribution >= 0.6 is 0 Å². The van der Waals surface area contributed by atoms with Gasteiger partial charge in [-0.15, -0.1) is 0 Å². The van der Waals surface area contributed by atoms with E-state index in [2.05, 4.69) is 17.1 Å². The molecule has 0 unspecified atom stereocenters. The molecule has 0 bridgehead atoms. The predicted molar refractivity (Wildman–Crippen MR) is 98.8 cm³/mol. The summed E-state index contributed by atoms with van der Waals surface area (Å²) in [5.74, 6) is -0.609. The molecule has 5 nitrogen and oxygen atoms in total. The predicted octanol–water partition coefficient (Wildman–Crippen LogP) is 3.87. The molecule has 2 N–H and O–H groups in total. The lowest BCUT2D eigenvalue weighted by molar-refractivity contribution is 0.0790. The molecule has 0 atom stereocenters. The van der Waals surface area contributed by atoms with E-state index < -0.39 is 0 Å². The van der Waals surface area contributed by atoms with Crippen molar-refractivity contribution < 1.29 is 14.3 Å². The number of hydrogen-bond acceptors (Lipinski definition) is 3. The lowest BCUT2D eigenvalue weighted by Crippen LogP contribution is -2.27. The highest BCUT2D eigenvalue weighted by Gasteiger charge is 2.19. The van der Waals surface area contributed by atoms with Crippen LogP contribution in [0.3, 0.4) is 0 Å². The van der Waals surface area contributed by atoms with Gasteiger partial charge in [-0.25, -0.2) is 4.39 Å². The van der Waals surface area contributed by atoms with E-state index in [0.717, 1.165) is 29.5 Å². The molecular weight excluding hydrogens is 333 g/mol. The highest BCUT2D eigenvalue weighted by atomic mass is 19.1. The van der Waals surface area contributed by atoms with Gasteiger partial charge in [0.15, 0.2) is 0 Å². The minimum Gasteiger partial charge on any atom is -0.507 e. The summed E-state index contributed by atoms with van der Waals surface area (Å²) in [4.78, 5) is 14.2. The number of rotatable bonds is 6. The fourth-order valence-electron chi connectivity index (χ4n) is 2.96. The number of benzene rings is 2. The molecule has 2 aromatic carbocycles. The standard InChI is InChI=1S/C20H22FN3O2/c1-3-4-8-24(2)20(26)16-11-15-17(22-23-18(15)12-19(16)25)10-13-6-5-7-14(21)9-13/h5-7,9,11-12,25H,3-4,8,10H2,1-2H3,(H,22,23). The van der Waals surface area contributed by atoms with E-state index in [1.165, 1.54) is 18.2 Å². The smallest absolute Gasteiger partial charge is 0.257 e. The number of phenolic OH excluding ortho intramolecular Hbond substituents is 1. The Kier molecular flexibility index (Phi) is 5.21. The van der Waals surface area contributed by atoms with E-state index in [-0.39, 0.29) is 23.0 Å². The van der Waals surface area contributed by atoms with Crippen LogP contribution in [0.2, 0.25) is 0 Å². The highest BCUT2D eigenvalue weighted by molar-refractivity contribution is 6.01. The molecule has 1 heterocycles. The zero-order valence-corrected chi connectivity index (χ0v) is 14.9. The van der Waals surface area contributed by atoms with Crippen molar-refractivity contribution in [2.45, 2.75) is 26.2 Å². The molecular formula is C20H22FN3O2. The van der Waals surface area contributed by atoms with Gasteiger partial charge in [0.2, 0.25) is 0 Å². The van der Waals surface area contributed by atoms with Crippen LogP contribution < -0.4 is 0 Å². The Labute approximate surface area is 151 Å². The summed E-state index contributed by atoms with van der Waals surface area (Å²) in [7, 11) is 1.73. The van der Waals surface area contributed by atoms with Gasteiger partial charge in [-0.1, -0.05) is 25.5 Å². The topological polar surface area (TPSA) is 69.2 Å². The van der Waals surface area contributed by atoms with Crippen molar-refractivity contribution in [3.8, 4) is 5.75 Å². The summed E-state index contributed by atoms with van der Waals surface area (Å²) < 4.78 is 13.4. The number of carbonyl (C=O) groups excluding carboxylic acids is 1. The van der Waals surface area contributed by atoms with E-state index in [4.69, 9.17) is 0 Å². The molecule has 1 aromatic heterocycles. The number of phenols is 1. The number of aromatic nitrogens is 2. The van der Waals surface area contributed by atoms with Crippen molar-refractivity contribution in [2.75, 3.05) is 13.6 Å². The van der Waals surface area contributed by atoms with Crippen LogP contribution in [0.25, 0.3) is 10.9 Å². The fraction of sp³-hybridized carbons (Fsp3) is 0.300. The van der Waals surface area contributed by atoms with E-state index in [1.54, 1.807) is 24.1 Å². The number of hydrogen-bond donors (Lipinski definition) is 2. The molecule has 0 saturated heterocycles. The Bertz CT molecular complexity index is 936. The Morgan fingerprint density at radius 3 is 2.85 bits per heavy atom. The zero-order chi connectivity index (χ0) is 18.7. The zero-order valence-electron chi connectivity index (χ0n) is 14.9. The van der Waals surface area contributed by atoms with Gasteiger partial charge < -0.3 is 10.0 Å². The maximum atomic E-state index is 13.4. The van der Waals surface area contributed by atoms with Gasteiger partial charge >= 0.3 is 0 Å². The van der Waals surface area contributed by atoms with E-state index in [9.17, 15) is 14.3 Å². The van der Waals surface area contributed by atoms with Crippen LogP contribution in [0.4, 0.5) is 4.39 Å². The number of carbonyl (C=O) groups is 1. The van der Waals surface area contributed by atoms with Crippen molar-refractivity contribution in [2.24, 2.45) is 0 Å². The minimum absolute atomic E-state index is 0.0883. The van der Waals surface area contributed by atoms with Crippen LogP contribution in [0, 0.1) is 5.82 Å². The maximum absolute atomic E-state index is 13.4. The molecule has 0 radical (unpaired) electrons. The summed E-state index contributed by atoms with van der Waals surface area (Å²) in [5.41, 5.74) is 2.40. The second-order valence-corrected chi connectivity index (χ2v) is 6.48. The summed E-state index contributed by atoms with van der Waals surface area (Å²) >= 11 is 0. The SMILES string of the molecule is CCCCN(C)C(=O)c1cc2c(Cc3cccc(F)c3)[nH]nc2cc1O. The molecule has 0 saturated carbocycles. The van der Waals surface area contributed by atoms with Crippen molar-refractivity contribution >= 4 is 16.8 Å². The first-order valence-corrected chi connectivity index (χ1v) is 8.69. The van der Waals surface area contributed by atoms with Crippen LogP contribution in [-0.2, 0) is 6.42 Å². The first-order valence-electron chi connectivity index (χ1n) is 8.69. The first kappa shape index (κ1) is 17.9. The average Bonchev–Trinajstić information content (AvgIpc) is 3.00. The van der Waals surface area contributed by atoms with E-state index >= 15 is 0 Å². The first-order chi connectivity index (χ1) is 12.5. The average molecular weight is 355 g/mol. The Hall–Kier alpha value is -2.89. The largest absolute Gasteiger partial charge is 0.507 e. The number of nitrogens with zero attached hydrogens (tertiary/aromatic N) is 2. The van der Waals surface area contributed by atoms with Crippen molar-refractivity contribution in [3.63, 3.8) is 0 Å². The lowest BCUT2D eigenvalue weighted by atomic mass is 10.0. The minimum atomic E-state index is -0.294. The van der Waals surface area contributed by atoms with Gasteiger partial charge in [0, 0.05) is 37.2 Å². The van der Waals surface area contributed by atoms with Crippen LogP contribution in [0.5, 0.6) is 5.75 Å². The number of unbranched alkanes of at least 4 members (excludes halogenated alkanes) is 1. The van der Waals surface area contributed by atoms with Gasteiger partial charge in [0.05, 0.1) is 11.1 Å². The monoisotopic (exact) mass is 355 g/mol. The number of aromatic hydroxyl groups is 1. The summed E-state index contributed by atoms with van der Waals surface area (Å²) in [5, 5.41) is 18.1. The second-order valence-electron chi connectivity index (χ2n) is 6.48. The number of H-pyrrole nitrogens is 1. The second kappa shape index (κ2) is 7.56. The van der Waals surface area contributed by atoms with Gasteiger partial charge in [0.25, 0.3) is 5.91 Å². The maximum Gasteiger partial charge on any atom is 0.257 e. The molecule has 6 heteroatoms. The van der Waals surface area contributed by atoms with Crippen molar-refractivity contribution in [1.82, 2.24) is 15.1 Å². The summed E-state index contributed by atoms with van der Waals surface area (Å²) in [6.45, 7) is 2.69. The molecule has 0 fully saturated rings. The fourth-order valence-corrected chi connectivity index (χ4v) is 2.96. The van der Waals surface area contributed by atoms with Gasteiger partial charge in [-0.3, -0.25) is 9.89 Å². The third-order valence-corrected chi connectivity index (χ3v) is 4.44. The third kappa shape index (κ3) is 3.69. The van der Waals surface area contributed by atoms with Crippen molar-refractivity contribution in [3.05, 3.63) is 59.0 Å². The summed E-state index contributed by atoms with van der Waals surface area (Å²) in [6, 6.07) is 9.51. The summed E-state index contributed by atoms with van der Waals surface area (Å²) in [6.07, 6.45) is 2.35. The van der Waals surface area contributed by atoms with Gasteiger partial charge in [0.1, 0.15) is 11.6 Å². The molecule has 0 aliphatic carbocycles. The quantitative estimate of drug-likeness (QED) is 0.705. The number of nitrogens with one attached hydrogen (secondary N) is 1. The molecule has 0 aliphatic heterocycles. The Balaban J connectivity index is 1.94. The van der Waals surface area contributed by atoms with Crippen LogP contribution in [0.1, 0.15) is 41.4 Å². The third-order valence-electron chi connectivity index (χ3n) is 4.44.